The Morgan fingerprint density at radius 3 is 1.01 bits per heavy atom. The van der Waals surface area contributed by atoms with Gasteiger partial charge in [-0.3, -0.25) is 0 Å². The van der Waals surface area contributed by atoms with Gasteiger partial charge in [-0.1, -0.05) is 195 Å². The molecule has 12 aromatic carbocycles. The highest BCUT2D eigenvalue weighted by Gasteiger charge is 2.49. The average Bonchev–Trinajstić information content (AvgIpc) is 1.53. The number of benzene rings is 12. The fraction of sp³-hybridized carbons (Fsp3) is 0.182. The summed E-state index contributed by atoms with van der Waals surface area (Å²) in [6, 6.07) is 96.9. The fourth-order valence-corrected chi connectivity index (χ4v) is 15.4. The van der Waals surface area contributed by atoms with Crippen LogP contribution in [0.2, 0.25) is 0 Å². The molecule has 0 bridgehead atoms. The molecule has 2 atom stereocenters. The lowest BCUT2D eigenvalue weighted by Crippen LogP contribution is -2.46. The lowest BCUT2D eigenvalue weighted by molar-refractivity contribution is -0.133. The molecule has 2 fully saturated rings. The van der Waals surface area contributed by atoms with Crippen LogP contribution >= 0.6 is 0 Å². The van der Waals surface area contributed by atoms with Gasteiger partial charge in [0.15, 0.2) is 0 Å². The Bertz CT molecular complexity index is 4530. The van der Waals surface area contributed by atoms with Crippen LogP contribution in [0.15, 0.2) is 279 Å². The number of ether oxygens (including phenoxy) is 4. The second-order valence-corrected chi connectivity index (χ2v) is 26.8. The second kappa shape index (κ2) is 24.4. The van der Waals surface area contributed by atoms with E-state index in [1.807, 2.05) is 12.1 Å². The summed E-state index contributed by atoms with van der Waals surface area (Å²) in [4.78, 5) is 4.31. The quantitative estimate of drug-likeness (QED) is 0.0804. The van der Waals surface area contributed by atoms with Crippen molar-refractivity contribution in [3.63, 3.8) is 0 Å². The summed E-state index contributed by atoms with van der Waals surface area (Å²) in [5, 5.41) is 0. The molecule has 0 spiro atoms. The van der Waals surface area contributed by atoms with Crippen molar-refractivity contribution in [1.29, 1.82) is 0 Å². The Labute approximate surface area is 561 Å². The summed E-state index contributed by atoms with van der Waals surface area (Å²) in [6.07, 6.45) is 2.00. The number of rotatable bonds is 19. The number of fused-ring (bicyclic) bond motifs is 6. The molecule has 0 saturated carbocycles. The van der Waals surface area contributed by atoms with Crippen molar-refractivity contribution in [3.05, 3.63) is 346 Å². The van der Waals surface area contributed by atoms with Gasteiger partial charge in [-0.25, -0.2) is 8.78 Å². The summed E-state index contributed by atoms with van der Waals surface area (Å²) in [7, 11) is 0. The standard InChI is InChI=1S/C88H74F2N2O4/c1-5-85(53-93-54-85)57-95-75-43-33-65(34-44-75)87(63-29-21-59(3)22-30-63)81-19-9-7-17-77(81)79-47-41-73(51-83(79)87)91(71-15-11-13-67(89)49-71)69-37-25-61(26-38-69)62-27-39-70(40-28-62)92(72-16-12-14-68(90)50-72)74-42-48-80-78-18-8-10-20-82(78)88(84(80)52-74,64-31-23-60(4)24-32-64)66-35-45-76(46-36-66)96-58-86(6-2)55-94-56-86/h7-52H,5-6,53-58H2,1-4H3. The zero-order valence-electron chi connectivity index (χ0n) is 54.5. The minimum absolute atomic E-state index is 0.0470. The van der Waals surface area contributed by atoms with E-state index in [2.05, 4.69) is 268 Å². The molecule has 0 aromatic heterocycles. The fourth-order valence-electron chi connectivity index (χ4n) is 15.4. The van der Waals surface area contributed by atoms with E-state index in [4.69, 9.17) is 18.9 Å². The van der Waals surface area contributed by atoms with Crippen molar-refractivity contribution < 1.29 is 27.7 Å². The number of halogens is 2. The molecule has 6 nitrogen and oxygen atoms in total. The first-order valence-electron chi connectivity index (χ1n) is 33.6. The lowest BCUT2D eigenvalue weighted by atomic mass is 9.67. The first kappa shape index (κ1) is 60.6. The predicted octanol–water partition coefficient (Wildman–Crippen LogP) is 21.5. The number of nitrogens with zero attached hydrogens (tertiary/aromatic N) is 2. The highest BCUT2D eigenvalue weighted by molar-refractivity contribution is 5.92. The number of hydrogen-bond donors (Lipinski definition) is 0. The Morgan fingerprint density at radius 1 is 0.333 bits per heavy atom. The van der Waals surface area contributed by atoms with Crippen LogP contribution in [0.3, 0.4) is 0 Å². The van der Waals surface area contributed by atoms with Crippen molar-refractivity contribution in [2.24, 2.45) is 10.8 Å². The van der Waals surface area contributed by atoms with Crippen LogP contribution in [-0.4, -0.2) is 39.6 Å². The molecule has 0 amide bonds. The third-order valence-electron chi connectivity index (χ3n) is 21.1. The molecule has 96 heavy (non-hydrogen) atoms. The normalized spacial score (nSPS) is 17.4. The van der Waals surface area contributed by atoms with E-state index in [-0.39, 0.29) is 22.5 Å². The van der Waals surface area contributed by atoms with Crippen molar-refractivity contribution >= 4 is 34.1 Å². The van der Waals surface area contributed by atoms with Crippen LogP contribution in [0.25, 0.3) is 33.4 Å². The van der Waals surface area contributed by atoms with Gasteiger partial charge in [0.05, 0.1) is 61.3 Å². The van der Waals surface area contributed by atoms with Gasteiger partial charge in [-0.2, -0.15) is 0 Å². The summed E-state index contributed by atoms with van der Waals surface area (Å²) in [6.45, 7) is 12.8. The lowest BCUT2D eigenvalue weighted by Gasteiger charge is -2.40. The number of hydrogen-bond acceptors (Lipinski definition) is 6. The third kappa shape index (κ3) is 10.3. The van der Waals surface area contributed by atoms with Gasteiger partial charge in [0.2, 0.25) is 0 Å². The highest BCUT2D eigenvalue weighted by Crippen LogP contribution is 2.60. The molecule has 12 aromatic rings. The molecular weight excluding hydrogens is 1190 g/mol. The largest absolute Gasteiger partial charge is 0.493 e. The Hall–Kier alpha value is -10.4. The molecule has 2 unspecified atom stereocenters. The van der Waals surface area contributed by atoms with Gasteiger partial charge in [0.25, 0.3) is 0 Å². The zero-order chi connectivity index (χ0) is 65.2. The molecule has 0 N–H and O–H groups in total. The smallest absolute Gasteiger partial charge is 0.125 e. The zero-order valence-corrected chi connectivity index (χ0v) is 54.5. The van der Waals surface area contributed by atoms with Crippen LogP contribution in [0.5, 0.6) is 11.5 Å². The second-order valence-electron chi connectivity index (χ2n) is 26.8. The molecule has 2 aliphatic heterocycles. The molecule has 16 rings (SSSR count). The molecule has 8 heteroatoms. The Balaban J connectivity index is 0.760. The highest BCUT2D eigenvalue weighted by atomic mass is 19.1. The predicted molar refractivity (Wildman–Crippen MR) is 383 cm³/mol. The maximum Gasteiger partial charge on any atom is 0.125 e. The van der Waals surface area contributed by atoms with Crippen LogP contribution in [0, 0.1) is 36.3 Å². The van der Waals surface area contributed by atoms with E-state index < -0.39 is 10.8 Å². The van der Waals surface area contributed by atoms with Gasteiger partial charge >= 0.3 is 0 Å². The summed E-state index contributed by atoms with van der Waals surface area (Å²) in [5.41, 5.74) is 21.7. The van der Waals surface area contributed by atoms with Crippen LogP contribution in [0.1, 0.15) is 82.3 Å². The van der Waals surface area contributed by atoms with Gasteiger partial charge < -0.3 is 28.7 Å². The first-order chi connectivity index (χ1) is 47.0. The van der Waals surface area contributed by atoms with E-state index in [9.17, 15) is 0 Å². The maximum absolute atomic E-state index is 15.7. The molecule has 0 radical (unpaired) electrons. The molecule has 474 valence electrons. The Morgan fingerprint density at radius 2 is 0.667 bits per heavy atom. The number of aryl methyl sites for hydroxylation is 2. The van der Waals surface area contributed by atoms with E-state index in [0.717, 1.165) is 129 Å². The number of anilines is 6. The SMILES string of the molecule is CCC1(COc2ccc(C3(c4ccc(C)cc4)c4ccccc4-c4ccc(N(c5ccc(-c6ccc(N(c7cccc(F)c7)c7ccc8c(c7)C(c7ccc(C)cc7)(c7ccc(OCC9(CC)COC9)cc7)c7ccccc7-8)cc6)cc5)c5cccc(F)c5)cc43)cc2)COC1. The summed E-state index contributed by atoms with van der Waals surface area (Å²) >= 11 is 0. The topological polar surface area (TPSA) is 43.4 Å². The van der Waals surface area contributed by atoms with Crippen LogP contribution in [-0.2, 0) is 20.3 Å². The minimum atomic E-state index is -0.709. The summed E-state index contributed by atoms with van der Waals surface area (Å²) in [5.74, 6) is 1.00. The van der Waals surface area contributed by atoms with Gasteiger partial charge in [-0.05, 0) is 214 Å². The van der Waals surface area contributed by atoms with Gasteiger partial charge in [0.1, 0.15) is 23.1 Å². The van der Waals surface area contributed by atoms with E-state index in [0.29, 0.717) is 24.6 Å². The summed E-state index contributed by atoms with van der Waals surface area (Å²) < 4.78 is 55.6. The average molecular weight is 1260 g/mol. The van der Waals surface area contributed by atoms with Gasteiger partial charge in [0, 0.05) is 34.1 Å². The van der Waals surface area contributed by atoms with E-state index in [1.165, 1.54) is 45.5 Å². The molecule has 4 aliphatic rings. The minimum Gasteiger partial charge on any atom is -0.493 e. The molecule has 2 aliphatic carbocycles. The van der Waals surface area contributed by atoms with Crippen LogP contribution < -0.4 is 19.3 Å². The molecular formula is C88H74F2N2O4. The van der Waals surface area contributed by atoms with E-state index >= 15 is 8.78 Å². The van der Waals surface area contributed by atoms with E-state index in [1.54, 1.807) is 24.3 Å². The van der Waals surface area contributed by atoms with Crippen molar-refractivity contribution in [2.75, 3.05) is 49.4 Å². The molecule has 2 heterocycles. The van der Waals surface area contributed by atoms with Crippen molar-refractivity contribution in [3.8, 4) is 44.9 Å². The van der Waals surface area contributed by atoms with Gasteiger partial charge in [-0.15, -0.1) is 0 Å². The van der Waals surface area contributed by atoms with Crippen LogP contribution in [0.4, 0.5) is 42.9 Å². The monoisotopic (exact) mass is 1260 g/mol. The Kier molecular flexibility index (Phi) is 15.4. The maximum atomic E-state index is 15.7. The van der Waals surface area contributed by atoms with Crippen molar-refractivity contribution in [2.45, 2.75) is 51.4 Å². The van der Waals surface area contributed by atoms with Crippen molar-refractivity contribution in [1.82, 2.24) is 0 Å². The first-order valence-corrected chi connectivity index (χ1v) is 33.6. The third-order valence-corrected chi connectivity index (χ3v) is 21.1. The molecule has 2 saturated heterocycles.